The summed E-state index contributed by atoms with van der Waals surface area (Å²) in [6, 6.07) is 0. The van der Waals surface area contributed by atoms with Gasteiger partial charge in [0.15, 0.2) is 11.2 Å². The molecule has 0 radical (unpaired) electrons. The van der Waals surface area contributed by atoms with Gasteiger partial charge in [-0.15, -0.1) is 0 Å². The van der Waals surface area contributed by atoms with E-state index in [0.29, 0.717) is 0 Å². The number of anilines is 1. The number of aromatic nitrogens is 4. The van der Waals surface area contributed by atoms with Crippen molar-refractivity contribution in [1.29, 1.82) is 0 Å². The van der Waals surface area contributed by atoms with E-state index in [1.54, 1.807) is 0 Å². The number of thiol groups is 1. The van der Waals surface area contributed by atoms with E-state index in [0.717, 1.165) is 0 Å². The smallest absolute Gasteiger partial charge is 0.369 e. The molecule has 1 aliphatic heterocycles. The molecular weight excluding hydrogens is 444 g/mol. The zero-order chi connectivity index (χ0) is 20.0. The highest BCUT2D eigenvalue weighted by Crippen LogP contribution is 2.49. The van der Waals surface area contributed by atoms with Crippen LogP contribution in [0.1, 0.15) is 12.6 Å². The summed E-state index contributed by atoms with van der Waals surface area (Å²) in [5, 5.41) is 0. The summed E-state index contributed by atoms with van der Waals surface area (Å²) in [7, 11) is 0. The Hall–Kier alpha value is -0.860. The number of aromatic amines is 1. The second-order valence-electron chi connectivity index (χ2n) is 5.56. The Morgan fingerprint density at radius 1 is 1.52 bits per heavy atom. The van der Waals surface area contributed by atoms with Gasteiger partial charge in [0, 0.05) is 6.42 Å². The molecule has 1 fully saturated rings. The van der Waals surface area contributed by atoms with Gasteiger partial charge in [-0.2, -0.15) is 4.98 Å². The highest BCUT2D eigenvalue weighted by atomic mass is 32.7. The fourth-order valence-electron chi connectivity index (χ4n) is 2.63. The van der Waals surface area contributed by atoms with Crippen molar-refractivity contribution in [3.05, 3.63) is 16.7 Å². The van der Waals surface area contributed by atoms with E-state index < -0.39 is 44.1 Å². The number of H-pyrrole nitrogens is 1. The lowest BCUT2D eigenvalue weighted by atomic mass is 10.2. The van der Waals surface area contributed by atoms with Crippen molar-refractivity contribution in [2.75, 3.05) is 12.3 Å². The number of imidazole rings is 1. The Morgan fingerprint density at radius 3 is 2.85 bits per heavy atom. The molecule has 0 saturated carbocycles. The van der Waals surface area contributed by atoms with Crippen LogP contribution < -0.4 is 11.3 Å². The van der Waals surface area contributed by atoms with E-state index in [-0.39, 0.29) is 23.5 Å². The molecule has 0 aromatic carbocycles. The molecular formula is C10H15N5O8P2S2. The van der Waals surface area contributed by atoms with Crippen molar-refractivity contribution >= 4 is 54.7 Å². The van der Waals surface area contributed by atoms with Crippen LogP contribution in [0.5, 0.6) is 0 Å². The van der Waals surface area contributed by atoms with Gasteiger partial charge >= 0.3 is 13.5 Å². The fraction of sp³-hybridized carbons (Fsp3) is 0.500. The maximum Gasteiger partial charge on any atom is 0.383 e. The minimum absolute atomic E-state index is 0.0228. The van der Waals surface area contributed by atoms with Gasteiger partial charge in [-0.3, -0.25) is 18.9 Å². The second-order valence-corrected chi connectivity index (χ2v) is 10.9. The number of hydrogen-bond donors (Lipinski definition) is 6. The van der Waals surface area contributed by atoms with E-state index in [1.165, 1.54) is 10.9 Å². The van der Waals surface area contributed by atoms with Crippen LogP contribution in [0.2, 0.25) is 0 Å². The average molecular weight is 459 g/mol. The number of hydrogen-bond acceptors (Lipinski definition) is 9. The topological polar surface area (TPSA) is 195 Å². The molecule has 13 nitrogen and oxygen atoms in total. The lowest BCUT2D eigenvalue weighted by molar-refractivity contribution is -0.0362. The zero-order valence-corrected chi connectivity index (χ0v) is 16.8. The van der Waals surface area contributed by atoms with E-state index in [1.807, 2.05) is 0 Å². The molecule has 3 heterocycles. The lowest BCUT2D eigenvalue weighted by Gasteiger charge is -2.20. The SMILES string of the molecule is Nc1nc2c(ncn2[C@H]2C[C@H](OP(O)(O)=S)[C@@H](COP(=O)(O)S)O2)c(=O)[nH]1. The molecule has 2 aromatic rings. The second kappa shape index (κ2) is 7.52. The number of rotatable bonds is 6. The predicted molar refractivity (Wildman–Crippen MR) is 99.4 cm³/mol. The first kappa shape index (κ1) is 20.9. The molecule has 0 aliphatic carbocycles. The van der Waals surface area contributed by atoms with Gasteiger partial charge in [0.1, 0.15) is 12.3 Å². The first-order valence-electron chi connectivity index (χ1n) is 7.25. The van der Waals surface area contributed by atoms with Gasteiger partial charge in [0.05, 0.1) is 19.0 Å². The Balaban J connectivity index is 1.90. The third-order valence-electron chi connectivity index (χ3n) is 3.62. The summed E-state index contributed by atoms with van der Waals surface area (Å²) in [5.74, 6) is -0.127. The number of nitrogen functional groups attached to an aromatic ring is 1. The van der Waals surface area contributed by atoms with Gasteiger partial charge in [-0.1, -0.05) is 12.2 Å². The summed E-state index contributed by atoms with van der Waals surface area (Å²) in [6.45, 7) is -8.59. The van der Waals surface area contributed by atoms with Crippen molar-refractivity contribution in [1.82, 2.24) is 19.5 Å². The summed E-state index contributed by atoms with van der Waals surface area (Å²) in [6.07, 6.45) is -1.45. The van der Waals surface area contributed by atoms with Crippen molar-refractivity contribution in [2.24, 2.45) is 0 Å². The molecule has 3 rings (SSSR count). The summed E-state index contributed by atoms with van der Waals surface area (Å²) in [4.78, 5) is 50.2. The van der Waals surface area contributed by atoms with Crippen LogP contribution in [0.15, 0.2) is 11.1 Å². The molecule has 0 spiro atoms. The van der Waals surface area contributed by atoms with Gasteiger partial charge in [0.2, 0.25) is 5.95 Å². The van der Waals surface area contributed by atoms with Gasteiger partial charge in [-0.05, 0) is 11.8 Å². The van der Waals surface area contributed by atoms with Crippen molar-refractivity contribution in [3.8, 4) is 0 Å². The maximum absolute atomic E-state index is 11.9. The predicted octanol–water partition coefficient (Wildman–Crippen LogP) is -0.370. The Bertz CT molecular complexity index is 1000. The maximum atomic E-state index is 11.9. The standard InChI is InChI=1S/C10H15N5O8P2S2/c11-10-13-8-7(9(16)14-10)12-3-15(8)6-1-4(23-25(19,20)27)5(22-6)2-21-24(17,18)26/h3-6H,1-2H2,(H2,17,18,26)(H2,19,20,27)(H3,11,13,14,16)/t4-,5+,6+/m0/s1. The molecule has 4 atom stereocenters. The van der Waals surface area contributed by atoms with Crippen LogP contribution in [0.3, 0.4) is 0 Å². The molecule has 1 saturated heterocycles. The number of nitrogens with two attached hydrogens (primary N) is 1. The molecule has 6 N–H and O–H groups in total. The largest absolute Gasteiger partial charge is 0.383 e. The van der Waals surface area contributed by atoms with Gasteiger partial charge in [-0.25, -0.2) is 9.55 Å². The summed E-state index contributed by atoms with van der Waals surface area (Å²) < 4.78 is 28.1. The lowest BCUT2D eigenvalue weighted by Crippen LogP contribution is -2.27. The number of nitrogens with zero attached hydrogens (tertiary/aromatic N) is 3. The third-order valence-corrected chi connectivity index (χ3v) is 5.26. The van der Waals surface area contributed by atoms with Crippen LogP contribution in [0.4, 0.5) is 5.95 Å². The van der Waals surface area contributed by atoms with Crippen LogP contribution in [0, 0.1) is 0 Å². The normalized spacial score (nSPS) is 25.7. The first-order chi connectivity index (χ1) is 12.4. The van der Waals surface area contributed by atoms with Crippen LogP contribution >= 0.6 is 25.8 Å². The number of nitrogens with one attached hydrogen (secondary N) is 1. The van der Waals surface area contributed by atoms with Crippen molar-refractivity contribution < 1.29 is 33.0 Å². The molecule has 150 valence electrons. The zero-order valence-electron chi connectivity index (χ0n) is 13.3. The van der Waals surface area contributed by atoms with E-state index in [4.69, 9.17) is 24.4 Å². The minimum atomic E-state index is -4.10. The Morgan fingerprint density at radius 2 is 2.22 bits per heavy atom. The van der Waals surface area contributed by atoms with Crippen molar-refractivity contribution in [3.63, 3.8) is 0 Å². The molecule has 2 aromatic heterocycles. The summed E-state index contributed by atoms with van der Waals surface area (Å²) >= 11 is 7.87. The van der Waals surface area contributed by atoms with Crippen LogP contribution in [0.25, 0.3) is 11.2 Å². The molecule has 0 amide bonds. The third kappa shape index (κ3) is 5.15. The molecule has 1 unspecified atom stereocenters. The highest BCUT2D eigenvalue weighted by Gasteiger charge is 2.41. The highest BCUT2D eigenvalue weighted by molar-refractivity contribution is 8.44. The minimum Gasteiger partial charge on any atom is -0.369 e. The quantitative estimate of drug-likeness (QED) is 0.243. The molecule has 0 bridgehead atoms. The van der Waals surface area contributed by atoms with E-state index in [2.05, 4.69) is 39.0 Å². The monoisotopic (exact) mass is 459 g/mol. The Kier molecular flexibility index (Phi) is 5.81. The Labute approximate surface area is 161 Å². The van der Waals surface area contributed by atoms with E-state index >= 15 is 0 Å². The van der Waals surface area contributed by atoms with Gasteiger partial charge < -0.3 is 29.7 Å². The first-order valence-corrected chi connectivity index (χ1v) is 12.6. The van der Waals surface area contributed by atoms with Crippen molar-refractivity contribution in [2.45, 2.75) is 24.9 Å². The summed E-state index contributed by atoms with van der Waals surface area (Å²) in [5.41, 5.74) is 5.16. The molecule has 17 heteroatoms. The number of ether oxygens (including phenoxy) is 1. The van der Waals surface area contributed by atoms with Crippen LogP contribution in [-0.4, -0.2) is 53.0 Å². The number of fused-ring (bicyclic) bond motifs is 1. The molecule has 27 heavy (non-hydrogen) atoms. The average Bonchev–Trinajstić information content (AvgIpc) is 3.06. The van der Waals surface area contributed by atoms with Gasteiger partial charge in [0.25, 0.3) is 5.56 Å². The fourth-order valence-corrected chi connectivity index (χ4v) is 4.08. The van der Waals surface area contributed by atoms with Crippen LogP contribution in [-0.2, 0) is 30.2 Å². The molecule has 1 aliphatic rings. The van der Waals surface area contributed by atoms with E-state index in [9.17, 15) is 19.1 Å².